The molecule has 0 radical (unpaired) electrons. The third-order valence-corrected chi connectivity index (χ3v) is 1.71. The lowest BCUT2D eigenvalue weighted by Gasteiger charge is -1.98. The van der Waals surface area contributed by atoms with Crippen molar-refractivity contribution in [3.8, 4) is 0 Å². The molecule has 1 rings (SSSR count). The Labute approximate surface area is 73.6 Å². The lowest BCUT2D eigenvalue weighted by Crippen LogP contribution is -1.96. The van der Waals surface area contributed by atoms with Crippen LogP contribution in [0.1, 0.15) is 13.3 Å². The van der Waals surface area contributed by atoms with E-state index in [4.69, 9.17) is 4.74 Å². The third-order valence-electron chi connectivity index (χ3n) is 1.71. The van der Waals surface area contributed by atoms with E-state index in [-0.39, 0.29) is 0 Å². The molecular formula is C10H15NO. The van der Waals surface area contributed by atoms with Crippen LogP contribution in [0, 0.1) is 0 Å². The molecule has 1 aliphatic heterocycles. The molecule has 0 unspecified atom stereocenters. The minimum atomic E-state index is 0.802. The van der Waals surface area contributed by atoms with Crippen molar-refractivity contribution in [1.29, 1.82) is 0 Å². The van der Waals surface area contributed by atoms with Crippen molar-refractivity contribution in [2.45, 2.75) is 13.3 Å². The Bertz CT molecular complexity index is 226. The van der Waals surface area contributed by atoms with E-state index in [2.05, 4.69) is 11.4 Å². The van der Waals surface area contributed by atoms with Gasteiger partial charge in [0, 0.05) is 19.7 Å². The first-order valence-electron chi connectivity index (χ1n) is 4.21. The van der Waals surface area contributed by atoms with Crippen molar-refractivity contribution in [2.75, 3.05) is 13.7 Å². The SMILES string of the molecule is C/C=C/C=C1/CCO/C1=C/NC. The van der Waals surface area contributed by atoms with Gasteiger partial charge in [0.2, 0.25) is 0 Å². The van der Waals surface area contributed by atoms with Crippen LogP contribution in [0.25, 0.3) is 0 Å². The molecule has 0 saturated carbocycles. The van der Waals surface area contributed by atoms with Crippen molar-refractivity contribution < 1.29 is 4.74 Å². The lowest BCUT2D eigenvalue weighted by atomic mass is 10.2. The molecule has 1 aliphatic rings. The molecule has 2 nitrogen and oxygen atoms in total. The fourth-order valence-electron chi connectivity index (χ4n) is 1.13. The molecule has 0 atom stereocenters. The molecule has 0 aliphatic carbocycles. The summed E-state index contributed by atoms with van der Waals surface area (Å²) in [4.78, 5) is 0. The minimum absolute atomic E-state index is 0.802. The van der Waals surface area contributed by atoms with Crippen LogP contribution in [0.5, 0.6) is 0 Å². The van der Waals surface area contributed by atoms with E-state index in [0.717, 1.165) is 18.8 Å². The normalized spacial score (nSPS) is 23.8. The molecule has 2 heteroatoms. The molecule has 66 valence electrons. The van der Waals surface area contributed by atoms with Crippen LogP contribution in [0.2, 0.25) is 0 Å². The summed E-state index contributed by atoms with van der Waals surface area (Å²) in [5.41, 5.74) is 1.27. The number of ether oxygens (including phenoxy) is 1. The maximum Gasteiger partial charge on any atom is 0.138 e. The maximum absolute atomic E-state index is 5.40. The first-order valence-corrected chi connectivity index (χ1v) is 4.21. The van der Waals surface area contributed by atoms with Crippen molar-refractivity contribution in [3.63, 3.8) is 0 Å². The van der Waals surface area contributed by atoms with Crippen LogP contribution in [0.15, 0.2) is 35.8 Å². The number of allylic oxidation sites excluding steroid dienone is 4. The molecule has 1 N–H and O–H groups in total. The van der Waals surface area contributed by atoms with Crippen LogP contribution in [-0.4, -0.2) is 13.7 Å². The molecule has 0 spiro atoms. The van der Waals surface area contributed by atoms with Gasteiger partial charge in [0.25, 0.3) is 0 Å². The smallest absolute Gasteiger partial charge is 0.138 e. The van der Waals surface area contributed by atoms with Gasteiger partial charge in [-0.25, -0.2) is 0 Å². The number of hydrogen-bond donors (Lipinski definition) is 1. The van der Waals surface area contributed by atoms with Crippen LogP contribution in [0.3, 0.4) is 0 Å². The summed E-state index contributed by atoms with van der Waals surface area (Å²) < 4.78 is 5.40. The standard InChI is InChI=1S/C10H15NO/c1-3-4-5-9-6-7-12-10(9)8-11-2/h3-5,8,11H,6-7H2,1-2H3/b4-3+,9-5-,10-8+. The van der Waals surface area contributed by atoms with E-state index in [0.29, 0.717) is 0 Å². The van der Waals surface area contributed by atoms with Gasteiger partial charge in [-0.2, -0.15) is 0 Å². The number of nitrogens with one attached hydrogen (secondary N) is 1. The van der Waals surface area contributed by atoms with E-state index < -0.39 is 0 Å². The quantitative estimate of drug-likeness (QED) is 0.675. The summed E-state index contributed by atoms with van der Waals surface area (Å²) in [5.74, 6) is 0.968. The largest absolute Gasteiger partial charge is 0.491 e. The lowest BCUT2D eigenvalue weighted by molar-refractivity contribution is 0.264. The predicted molar refractivity (Wildman–Crippen MR) is 50.6 cm³/mol. The van der Waals surface area contributed by atoms with Crippen LogP contribution >= 0.6 is 0 Å². The zero-order valence-electron chi connectivity index (χ0n) is 7.63. The van der Waals surface area contributed by atoms with Gasteiger partial charge >= 0.3 is 0 Å². The summed E-state index contributed by atoms with van der Waals surface area (Å²) in [7, 11) is 1.88. The van der Waals surface area contributed by atoms with E-state index >= 15 is 0 Å². The van der Waals surface area contributed by atoms with Crippen LogP contribution in [0.4, 0.5) is 0 Å². The molecule has 0 aromatic rings. The highest BCUT2D eigenvalue weighted by atomic mass is 16.5. The molecule has 0 amide bonds. The third kappa shape index (κ3) is 2.16. The number of rotatable bonds is 2. The van der Waals surface area contributed by atoms with Crippen LogP contribution in [-0.2, 0) is 4.74 Å². The molecule has 0 bridgehead atoms. The highest BCUT2D eigenvalue weighted by molar-refractivity contribution is 5.31. The Morgan fingerprint density at radius 1 is 1.50 bits per heavy atom. The molecule has 1 fully saturated rings. The summed E-state index contributed by atoms with van der Waals surface area (Å²) in [6.45, 7) is 2.81. The average molecular weight is 165 g/mol. The molecule has 0 aromatic heterocycles. The van der Waals surface area contributed by atoms with Gasteiger partial charge in [0.05, 0.1) is 6.61 Å². The van der Waals surface area contributed by atoms with Crippen LogP contribution < -0.4 is 5.32 Å². The van der Waals surface area contributed by atoms with E-state index in [1.165, 1.54) is 5.57 Å². The molecule has 12 heavy (non-hydrogen) atoms. The van der Waals surface area contributed by atoms with E-state index in [1.807, 2.05) is 32.3 Å². The van der Waals surface area contributed by atoms with Gasteiger partial charge in [-0.05, 0) is 12.5 Å². The molecular weight excluding hydrogens is 150 g/mol. The predicted octanol–water partition coefficient (Wildman–Crippen LogP) is 1.97. The first kappa shape index (κ1) is 8.91. The van der Waals surface area contributed by atoms with E-state index in [1.54, 1.807) is 0 Å². The molecule has 1 heterocycles. The van der Waals surface area contributed by atoms with Crippen molar-refractivity contribution >= 4 is 0 Å². The van der Waals surface area contributed by atoms with Crippen molar-refractivity contribution in [1.82, 2.24) is 5.32 Å². The fourth-order valence-corrected chi connectivity index (χ4v) is 1.13. The minimum Gasteiger partial charge on any atom is -0.491 e. The summed E-state index contributed by atoms with van der Waals surface area (Å²) in [6, 6.07) is 0. The second-order valence-corrected chi connectivity index (χ2v) is 2.61. The Kier molecular flexibility index (Phi) is 3.45. The Morgan fingerprint density at radius 2 is 2.33 bits per heavy atom. The number of hydrogen-bond acceptors (Lipinski definition) is 2. The first-order chi connectivity index (χ1) is 5.88. The Hall–Kier alpha value is -1.18. The van der Waals surface area contributed by atoms with Gasteiger partial charge < -0.3 is 10.1 Å². The highest BCUT2D eigenvalue weighted by Crippen LogP contribution is 2.22. The summed E-state index contributed by atoms with van der Waals surface area (Å²) >= 11 is 0. The van der Waals surface area contributed by atoms with E-state index in [9.17, 15) is 0 Å². The summed E-state index contributed by atoms with van der Waals surface area (Å²) in [5, 5.41) is 2.96. The topological polar surface area (TPSA) is 21.3 Å². The monoisotopic (exact) mass is 165 g/mol. The summed E-state index contributed by atoms with van der Waals surface area (Å²) in [6.07, 6.45) is 9.05. The second-order valence-electron chi connectivity index (χ2n) is 2.61. The van der Waals surface area contributed by atoms with Gasteiger partial charge in [0.15, 0.2) is 0 Å². The fraction of sp³-hybridized carbons (Fsp3) is 0.400. The van der Waals surface area contributed by atoms with Gasteiger partial charge in [0.1, 0.15) is 5.76 Å². The van der Waals surface area contributed by atoms with Gasteiger partial charge in [-0.3, -0.25) is 0 Å². The van der Waals surface area contributed by atoms with Gasteiger partial charge in [-0.15, -0.1) is 0 Å². The van der Waals surface area contributed by atoms with Crippen molar-refractivity contribution in [3.05, 3.63) is 35.8 Å². The molecule has 0 aromatic carbocycles. The highest BCUT2D eigenvalue weighted by Gasteiger charge is 2.12. The second kappa shape index (κ2) is 4.65. The Balaban J connectivity index is 2.70. The zero-order chi connectivity index (χ0) is 8.81. The van der Waals surface area contributed by atoms with Crippen molar-refractivity contribution in [2.24, 2.45) is 0 Å². The Morgan fingerprint density at radius 3 is 3.00 bits per heavy atom. The average Bonchev–Trinajstić information content (AvgIpc) is 2.50. The maximum atomic E-state index is 5.40. The molecule has 1 saturated heterocycles. The van der Waals surface area contributed by atoms with Gasteiger partial charge in [-0.1, -0.05) is 18.2 Å². The zero-order valence-corrected chi connectivity index (χ0v) is 7.63.